The average molecular weight is 385 g/mol. The van der Waals surface area contributed by atoms with Gasteiger partial charge < -0.3 is 15.1 Å². The normalized spacial score (nSPS) is 28.9. The highest BCUT2D eigenvalue weighted by molar-refractivity contribution is 6.09. The van der Waals surface area contributed by atoms with Gasteiger partial charge in [0.05, 0.1) is 6.04 Å². The molecule has 5 heterocycles. The summed E-state index contributed by atoms with van der Waals surface area (Å²) in [5, 5.41) is 8.50. The number of aromatic amines is 1. The number of likely N-dealkylation sites (tertiary alicyclic amines) is 1. The summed E-state index contributed by atoms with van der Waals surface area (Å²) >= 11 is 0. The van der Waals surface area contributed by atoms with Crippen molar-refractivity contribution in [2.45, 2.75) is 57.7 Å². The van der Waals surface area contributed by atoms with E-state index in [2.05, 4.69) is 41.1 Å². The molecule has 0 radical (unpaired) electrons. The minimum atomic E-state index is -0.395. The highest BCUT2D eigenvalue weighted by Crippen LogP contribution is 2.38. The second-order valence-corrected chi connectivity index (χ2v) is 8.65. The first-order chi connectivity index (χ1) is 13.4. The Kier molecular flexibility index (Phi) is 3.97. The van der Waals surface area contributed by atoms with Crippen LogP contribution in [-0.2, 0) is 4.79 Å². The number of nitrogens with zero attached hydrogens (tertiary/aromatic N) is 5. The molecule has 28 heavy (non-hydrogen) atoms. The summed E-state index contributed by atoms with van der Waals surface area (Å²) in [5.41, 5.74) is 0.255. The van der Waals surface area contributed by atoms with Crippen molar-refractivity contribution >= 4 is 28.6 Å². The summed E-state index contributed by atoms with van der Waals surface area (Å²) in [7, 11) is 2.13. The number of fused-ring (bicyclic) bond motifs is 2. The van der Waals surface area contributed by atoms with Gasteiger partial charge in [0, 0.05) is 12.6 Å². The molecule has 2 aromatic heterocycles. The maximum Gasteiger partial charge on any atom is 0.348 e. The lowest BCUT2D eigenvalue weighted by atomic mass is 9.94. The number of anilines is 2. The summed E-state index contributed by atoms with van der Waals surface area (Å²) in [5.74, 6) is 1.48. The Hall–Kier alpha value is -2.42. The van der Waals surface area contributed by atoms with E-state index in [0.717, 1.165) is 44.2 Å². The zero-order chi connectivity index (χ0) is 19.6. The van der Waals surface area contributed by atoms with E-state index in [1.807, 2.05) is 9.58 Å². The molecule has 4 atom stereocenters. The van der Waals surface area contributed by atoms with Crippen LogP contribution < -0.4 is 15.9 Å². The van der Waals surface area contributed by atoms with Crippen molar-refractivity contribution in [1.29, 1.82) is 0 Å². The standard InChI is InChI=1S/C19H27N7O2/c1-10-6-7-13-18(27)20-15-14-16(25(13)9-10)21-19(28)22-17(14)26(23-15)11(2)12-5-4-8-24(12)3/h10-13H,4-9H2,1-3H3,(H,20,23,27)(H,21,22,28)/t10?,11-,12-,13?/m0/s1. The van der Waals surface area contributed by atoms with E-state index in [1.54, 1.807) is 0 Å². The fraction of sp³-hybridized carbons (Fsp3) is 0.684. The highest BCUT2D eigenvalue weighted by atomic mass is 16.2. The van der Waals surface area contributed by atoms with Crippen LogP contribution in [0.1, 0.15) is 45.6 Å². The van der Waals surface area contributed by atoms with Gasteiger partial charge in [-0.25, -0.2) is 9.48 Å². The Morgan fingerprint density at radius 1 is 1.21 bits per heavy atom. The van der Waals surface area contributed by atoms with E-state index in [1.165, 1.54) is 0 Å². The Morgan fingerprint density at radius 2 is 2.04 bits per heavy atom. The lowest BCUT2D eigenvalue weighted by Crippen LogP contribution is -2.49. The number of carbonyl (C=O) groups is 1. The average Bonchev–Trinajstić information content (AvgIpc) is 3.21. The molecule has 2 unspecified atom stereocenters. The van der Waals surface area contributed by atoms with Crippen LogP contribution in [0.15, 0.2) is 4.79 Å². The maximum absolute atomic E-state index is 12.9. The number of nitrogens with one attached hydrogen (secondary N) is 2. The molecule has 150 valence electrons. The first-order valence-corrected chi connectivity index (χ1v) is 10.2. The van der Waals surface area contributed by atoms with Crippen molar-refractivity contribution in [2.75, 3.05) is 30.4 Å². The van der Waals surface area contributed by atoms with E-state index in [0.29, 0.717) is 29.2 Å². The van der Waals surface area contributed by atoms with Crippen LogP contribution in [0.4, 0.5) is 11.6 Å². The van der Waals surface area contributed by atoms with Gasteiger partial charge in [-0.1, -0.05) is 6.92 Å². The molecule has 9 heteroatoms. The van der Waals surface area contributed by atoms with E-state index in [4.69, 9.17) is 5.10 Å². The van der Waals surface area contributed by atoms with Crippen LogP contribution in [0.2, 0.25) is 0 Å². The van der Waals surface area contributed by atoms with Crippen molar-refractivity contribution in [3.8, 4) is 0 Å². The summed E-state index contributed by atoms with van der Waals surface area (Å²) in [6.45, 7) is 6.08. The molecule has 2 fully saturated rings. The van der Waals surface area contributed by atoms with E-state index < -0.39 is 5.69 Å². The zero-order valence-corrected chi connectivity index (χ0v) is 16.6. The van der Waals surface area contributed by atoms with E-state index >= 15 is 0 Å². The van der Waals surface area contributed by atoms with Gasteiger partial charge in [-0.2, -0.15) is 10.1 Å². The third-order valence-corrected chi connectivity index (χ3v) is 6.72. The molecule has 0 saturated carbocycles. The minimum Gasteiger partial charge on any atom is -0.343 e. The number of piperidine rings is 1. The number of carbonyl (C=O) groups excluding carboxylic acids is 1. The van der Waals surface area contributed by atoms with Crippen molar-refractivity contribution in [2.24, 2.45) is 5.92 Å². The predicted molar refractivity (Wildman–Crippen MR) is 107 cm³/mol. The largest absolute Gasteiger partial charge is 0.348 e. The monoisotopic (exact) mass is 385 g/mol. The van der Waals surface area contributed by atoms with Gasteiger partial charge in [0.2, 0.25) is 5.91 Å². The van der Waals surface area contributed by atoms with Crippen molar-refractivity contribution in [3.05, 3.63) is 10.5 Å². The third-order valence-electron chi connectivity index (χ3n) is 6.72. The minimum absolute atomic E-state index is 0.0606. The fourth-order valence-electron chi connectivity index (χ4n) is 5.21. The molecule has 0 aromatic carbocycles. The van der Waals surface area contributed by atoms with Gasteiger partial charge in [0.15, 0.2) is 5.82 Å². The van der Waals surface area contributed by atoms with Crippen molar-refractivity contribution < 1.29 is 4.79 Å². The van der Waals surface area contributed by atoms with Gasteiger partial charge in [-0.15, -0.1) is 0 Å². The first-order valence-electron chi connectivity index (χ1n) is 10.2. The van der Waals surface area contributed by atoms with Crippen LogP contribution in [0.3, 0.4) is 0 Å². The van der Waals surface area contributed by atoms with Crippen molar-refractivity contribution in [1.82, 2.24) is 24.6 Å². The van der Waals surface area contributed by atoms with Gasteiger partial charge in [-0.05, 0) is 52.1 Å². The topological polar surface area (TPSA) is 99.2 Å². The molecule has 1 amide bonds. The Morgan fingerprint density at radius 3 is 2.79 bits per heavy atom. The Bertz CT molecular complexity index is 996. The van der Waals surface area contributed by atoms with Gasteiger partial charge >= 0.3 is 5.69 Å². The number of rotatable bonds is 2. The molecule has 5 rings (SSSR count). The molecular weight excluding hydrogens is 358 g/mol. The number of hydrogen-bond donors (Lipinski definition) is 2. The molecule has 2 N–H and O–H groups in total. The summed E-state index contributed by atoms with van der Waals surface area (Å²) in [6, 6.07) is 0.120. The zero-order valence-electron chi connectivity index (χ0n) is 16.6. The second kappa shape index (κ2) is 6.30. The Balaban J connectivity index is 1.69. The van der Waals surface area contributed by atoms with Crippen LogP contribution in [0, 0.1) is 5.92 Å². The fourth-order valence-corrected chi connectivity index (χ4v) is 5.21. The molecule has 9 nitrogen and oxygen atoms in total. The second-order valence-electron chi connectivity index (χ2n) is 8.65. The number of aromatic nitrogens is 4. The van der Waals surface area contributed by atoms with Crippen molar-refractivity contribution in [3.63, 3.8) is 0 Å². The summed E-state index contributed by atoms with van der Waals surface area (Å²) in [6.07, 6.45) is 4.00. The van der Waals surface area contributed by atoms with Crippen LogP contribution in [-0.4, -0.2) is 62.8 Å². The van der Waals surface area contributed by atoms with E-state index in [-0.39, 0.29) is 18.0 Å². The quantitative estimate of drug-likeness (QED) is 0.809. The number of likely N-dealkylation sites (N-methyl/N-ethyl adjacent to an activating group) is 1. The SMILES string of the molecule is CC1CCC2C(=O)Nc3nn([C@@H](C)[C@@H]4CCCN4C)c4[nH]c(=O)nc(c34)N2C1. The molecule has 3 aliphatic heterocycles. The molecular formula is C19H27N7O2. The number of hydrogen-bond acceptors (Lipinski definition) is 6. The van der Waals surface area contributed by atoms with Gasteiger partial charge in [0.1, 0.15) is 22.9 Å². The van der Waals surface area contributed by atoms with Gasteiger partial charge in [0.25, 0.3) is 0 Å². The summed E-state index contributed by atoms with van der Waals surface area (Å²) < 4.78 is 1.87. The first kappa shape index (κ1) is 17.7. The maximum atomic E-state index is 12.9. The summed E-state index contributed by atoms with van der Waals surface area (Å²) in [4.78, 5) is 36.9. The van der Waals surface area contributed by atoms with Crippen LogP contribution >= 0.6 is 0 Å². The number of amides is 1. The van der Waals surface area contributed by atoms with Crippen LogP contribution in [0.25, 0.3) is 11.0 Å². The highest BCUT2D eigenvalue weighted by Gasteiger charge is 2.39. The Labute approximate surface area is 163 Å². The number of H-pyrrole nitrogens is 1. The molecule has 0 spiro atoms. The lowest BCUT2D eigenvalue weighted by Gasteiger charge is -2.37. The van der Waals surface area contributed by atoms with E-state index in [9.17, 15) is 9.59 Å². The molecule has 2 aromatic rings. The third kappa shape index (κ3) is 2.56. The predicted octanol–water partition coefficient (Wildman–Crippen LogP) is 1.33. The molecule has 2 saturated heterocycles. The lowest BCUT2D eigenvalue weighted by molar-refractivity contribution is -0.118. The molecule has 0 aliphatic carbocycles. The van der Waals surface area contributed by atoms with Gasteiger partial charge in [-0.3, -0.25) is 9.78 Å². The molecule has 3 aliphatic rings. The molecule has 0 bridgehead atoms. The smallest absolute Gasteiger partial charge is 0.343 e. The van der Waals surface area contributed by atoms with Crippen LogP contribution in [0.5, 0.6) is 0 Å².